The zero-order valence-electron chi connectivity index (χ0n) is 5.09. The third-order valence-electron chi connectivity index (χ3n) is 0.464. The molecule has 1 N–H and O–H groups in total. The van der Waals surface area contributed by atoms with E-state index in [1.807, 2.05) is 6.92 Å². The molecule has 0 atom stereocenters. The smallest absolute Gasteiger partial charge is 0.373 e. The third kappa shape index (κ3) is 47.1. The quantitative estimate of drug-likeness (QED) is 0.586. The van der Waals surface area contributed by atoms with Gasteiger partial charge in [0.05, 0.1) is 0 Å². The standard InChI is InChI=1S/C4H8O2.CO2/c1-2-3-4(5)6;2-1-3/h2-3H2,1H3,(H,5,6);. The summed E-state index contributed by atoms with van der Waals surface area (Å²) < 4.78 is 0. The van der Waals surface area contributed by atoms with Crippen molar-refractivity contribution in [3.8, 4) is 0 Å². The van der Waals surface area contributed by atoms with Gasteiger partial charge in [-0.05, 0) is 6.42 Å². The van der Waals surface area contributed by atoms with Crippen LogP contribution in [0, 0.1) is 0 Å². The maximum Gasteiger partial charge on any atom is 0.373 e. The SMILES string of the molecule is CCCC(=O)O.O=C=O. The van der Waals surface area contributed by atoms with Gasteiger partial charge in [0, 0.05) is 6.42 Å². The van der Waals surface area contributed by atoms with Crippen molar-refractivity contribution >= 4 is 12.1 Å². The van der Waals surface area contributed by atoms with E-state index in [0.29, 0.717) is 6.42 Å². The summed E-state index contributed by atoms with van der Waals surface area (Å²) in [5.41, 5.74) is 0. The molecule has 0 aromatic carbocycles. The Labute approximate surface area is 52.5 Å². The number of carbonyl (C=O) groups excluding carboxylic acids is 2. The van der Waals surface area contributed by atoms with Crippen LogP contribution in [0.2, 0.25) is 0 Å². The summed E-state index contributed by atoms with van der Waals surface area (Å²) in [5.74, 6) is -0.711. The number of carboxylic acids is 1. The van der Waals surface area contributed by atoms with Crippen LogP contribution in [0.25, 0.3) is 0 Å². The number of hydrogen-bond donors (Lipinski definition) is 1. The first-order valence-corrected chi connectivity index (χ1v) is 2.40. The minimum Gasteiger partial charge on any atom is -0.481 e. The average molecular weight is 132 g/mol. The van der Waals surface area contributed by atoms with Crippen molar-refractivity contribution in [1.82, 2.24) is 0 Å². The van der Waals surface area contributed by atoms with Crippen molar-refractivity contribution < 1.29 is 19.5 Å². The minimum absolute atomic E-state index is 0.250. The van der Waals surface area contributed by atoms with Crippen LogP contribution in [-0.4, -0.2) is 17.2 Å². The summed E-state index contributed by atoms with van der Waals surface area (Å²) >= 11 is 0. The van der Waals surface area contributed by atoms with Crippen LogP contribution in [0.4, 0.5) is 0 Å². The lowest BCUT2D eigenvalue weighted by atomic mass is 10.4. The summed E-state index contributed by atoms with van der Waals surface area (Å²) in [6, 6.07) is 0. The fourth-order valence-electron chi connectivity index (χ4n) is 0.214. The topological polar surface area (TPSA) is 71.4 Å². The molecular formula is C5H8O4. The van der Waals surface area contributed by atoms with Gasteiger partial charge in [-0.25, -0.2) is 0 Å². The molecule has 0 rings (SSSR count). The molecular weight excluding hydrogens is 124 g/mol. The Bertz CT molecular complexity index is 102. The predicted molar refractivity (Wildman–Crippen MR) is 27.6 cm³/mol. The van der Waals surface area contributed by atoms with Gasteiger partial charge in [0.15, 0.2) is 0 Å². The number of carbonyl (C=O) groups is 1. The number of carboxylic acid groups (broad SMARTS) is 1. The normalized spacial score (nSPS) is 6.33. The lowest BCUT2D eigenvalue weighted by Crippen LogP contribution is -1.90. The Hall–Kier alpha value is -1.15. The second-order valence-corrected chi connectivity index (χ2v) is 1.23. The van der Waals surface area contributed by atoms with E-state index in [4.69, 9.17) is 14.7 Å². The van der Waals surface area contributed by atoms with E-state index in [1.165, 1.54) is 0 Å². The molecule has 0 aliphatic rings. The van der Waals surface area contributed by atoms with Gasteiger partial charge in [0.25, 0.3) is 0 Å². The Morgan fingerprint density at radius 2 is 1.89 bits per heavy atom. The van der Waals surface area contributed by atoms with Crippen LogP contribution in [0.1, 0.15) is 19.8 Å². The second-order valence-electron chi connectivity index (χ2n) is 1.23. The predicted octanol–water partition coefficient (Wildman–Crippen LogP) is 0.288. The molecule has 0 unspecified atom stereocenters. The van der Waals surface area contributed by atoms with Gasteiger partial charge in [0.1, 0.15) is 0 Å². The molecule has 0 amide bonds. The van der Waals surface area contributed by atoms with E-state index in [2.05, 4.69) is 0 Å². The number of hydrogen-bond acceptors (Lipinski definition) is 3. The Morgan fingerprint density at radius 3 is 1.89 bits per heavy atom. The average Bonchev–Trinajstić information content (AvgIpc) is 1.67. The van der Waals surface area contributed by atoms with Crippen molar-refractivity contribution in [2.75, 3.05) is 0 Å². The van der Waals surface area contributed by atoms with Gasteiger partial charge < -0.3 is 5.11 Å². The van der Waals surface area contributed by atoms with Crippen LogP contribution >= 0.6 is 0 Å². The van der Waals surface area contributed by atoms with E-state index in [-0.39, 0.29) is 6.15 Å². The molecule has 9 heavy (non-hydrogen) atoms. The Morgan fingerprint density at radius 1 is 1.56 bits per heavy atom. The molecule has 4 heteroatoms. The molecule has 0 aliphatic carbocycles. The highest BCUT2D eigenvalue weighted by molar-refractivity contribution is 5.66. The Balaban J connectivity index is 0. The second kappa shape index (κ2) is 9.97. The summed E-state index contributed by atoms with van der Waals surface area (Å²) in [6.45, 7) is 1.84. The molecule has 0 saturated carbocycles. The van der Waals surface area contributed by atoms with Gasteiger partial charge in [-0.15, -0.1) is 0 Å². The largest absolute Gasteiger partial charge is 0.481 e. The fraction of sp³-hybridized carbons (Fsp3) is 0.600. The van der Waals surface area contributed by atoms with E-state index in [0.717, 1.165) is 6.42 Å². The third-order valence-corrected chi connectivity index (χ3v) is 0.464. The molecule has 0 heterocycles. The van der Waals surface area contributed by atoms with Gasteiger partial charge >= 0.3 is 12.1 Å². The first-order valence-electron chi connectivity index (χ1n) is 2.40. The van der Waals surface area contributed by atoms with Gasteiger partial charge in [-0.1, -0.05) is 6.92 Å². The molecule has 0 fully saturated rings. The van der Waals surface area contributed by atoms with Crippen molar-refractivity contribution in [3.63, 3.8) is 0 Å². The Kier molecular flexibility index (Phi) is 11.9. The van der Waals surface area contributed by atoms with Gasteiger partial charge in [-0.3, -0.25) is 4.79 Å². The van der Waals surface area contributed by atoms with Crippen LogP contribution in [0.5, 0.6) is 0 Å². The lowest BCUT2D eigenvalue weighted by molar-refractivity contribution is -0.191. The molecule has 0 aromatic rings. The monoisotopic (exact) mass is 132 g/mol. The summed E-state index contributed by atoms with van der Waals surface area (Å²) in [4.78, 5) is 25.8. The molecule has 4 nitrogen and oxygen atoms in total. The zero-order chi connectivity index (χ0) is 7.70. The van der Waals surface area contributed by atoms with Gasteiger partial charge in [0.2, 0.25) is 0 Å². The maximum atomic E-state index is 9.60. The van der Waals surface area contributed by atoms with Crippen LogP contribution in [-0.2, 0) is 14.4 Å². The van der Waals surface area contributed by atoms with E-state index in [1.54, 1.807) is 0 Å². The van der Waals surface area contributed by atoms with E-state index >= 15 is 0 Å². The molecule has 52 valence electrons. The van der Waals surface area contributed by atoms with Crippen LogP contribution < -0.4 is 0 Å². The lowest BCUT2D eigenvalue weighted by Gasteiger charge is -1.79. The molecule has 0 radical (unpaired) electrons. The van der Waals surface area contributed by atoms with Crippen LogP contribution in [0.3, 0.4) is 0 Å². The molecule has 0 aliphatic heterocycles. The number of rotatable bonds is 2. The highest BCUT2D eigenvalue weighted by Crippen LogP contribution is 1.82. The van der Waals surface area contributed by atoms with Crippen molar-refractivity contribution in [1.29, 1.82) is 0 Å². The highest BCUT2D eigenvalue weighted by Gasteiger charge is 1.87. The molecule has 0 saturated heterocycles. The molecule has 0 spiro atoms. The summed E-state index contributed by atoms with van der Waals surface area (Å²) in [6.07, 6.45) is 1.27. The minimum atomic E-state index is -0.711. The highest BCUT2D eigenvalue weighted by atomic mass is 16.4. The maximum absolute atomic E-state index is 9.60. The fourth-order valence-corrected chi connectivity index (χ4v) is 0.214. The first kappa shape index (κ1) is 10.8. The summed E-state index contributed by atoms with van der Waals surface area (Å²) in [5, 5.41) is 7.91. The van der Waals surface area contributed by atoms with Crippen molar-refractivity contribution in [3.05, 3.63) is 0 Å². The van der Waals surface area contributed by atoms with E-state index < -0.39 is 5.97 Å². The van der Waals surface area contributed by atoms with Gasteiger partial charge in [-0.2, -0.15) is 9.59 Å². The summed E-state index contributed by atoms with van der Waals surface area (Å²) in [7, 11) is 0. The molecule has 0 bridgehead atoms. The number of aliphatic carboxylic acids is 1. The molecule has 0 aromatic heterocycles. The van der Waals surface area contributed by atoms with Crippen LogP contribution in [0.15, 0.2) is 0 Å². The van der Waals surface area contributed by atoms with Crippen molar-refractivity contribution in [2.45, 2.75) is 19.8 Å². The first-order chi connectivity index (χ1) is 4.18. The van der Waals surface area contributed by atoms with Crippen molar-refractivity contribution in [2.24, 2.45) is 0 Å². The zero-order valence-corrected chi connectivity index (χ0v) is 5.09. The van der Waals surface area contributed by atoms with E-state index in [9.17, 15) is 4.79 Å².